The predicted octanol–water partition coefficient (Wildman–Crippen LogP) is 1.61. The fourth-order valence-electron chi connectivity index (χ4n) is 1.63. The lowest BCUT2D eigenvalue weighted by atomic mass is 10.2. The van der Waals surface area contributed by atoms with Gasteiger partial charge < -0.3 is 10.2 Å². The Morgan fingerprint density at radius 1 is 1.33 bits per heavy atom. The van der Waals surface area contributed by atoms with Crippen LogP contribution in [-0.2, 0) is 17.8 Å². The van der Waals surface area contributed by atoms with Crippen molar-refractivity contribution in [2.45, 2.75) is 13.0 Å². The van der Waals surface area contributed by atoms with E-state index in [-0.39, 0.29) is 17.5 Å². The van der Waals surface area contributed by atoms with Crippen LogP contribution >= 0.6 is 15.9 Å². The fourth-order valence-corrected chi connectivity index (χ4v) is 1.89. The number of nitrogens with zero attached hydrogens (tertiary/aromatic N) is 1. The molecule has 1 heterocycles. The average molecular weight is 311 g/mol. The summed E-state index contributed by atoms with van der Waals surface area (Å²) in [5.74, 6) is -1.01. The summed E-state index contributed by atoms with van der Waals surface area (Å²) in [4.78, 5) is 22.4. The molecule has 2 aromatic rings. The van der Waals surface area contributed by atoms with Crippen LogP contribution < -0.4 is 5.56 Å². The number of halogens is 1. The number of rotatable bonds is 4. The number of aromatic amines is 1. The Morgan fingerprint density at radius 2 is 2.00 bits per heavy atom. The van der Waals surface area contributed by atoms with Gasteiger partial charge in [-0.1, -0.05) is 28.1 Å². The number of aromatic nitrogens is 2. The van der Waals surface area contributed by atoms with E-state index in [4.69, 9.17) is 5.11 Å². The summed E-state index contributed by atoms with van der Waals surface area (Å²) in [6.07, 6.45) is 1.18. The summed E-state index contributed by atoms with van der Waals surface area (Å²) >= 11 is 3.33. The average Bonchev–Trinajstić information content (AvgIpc) is 2.64. The van der Waals surface area contributed by atoms with Gasteiger partial charge in [-0.15, -0.1) is 0 Å². The molecule has 5 nitrogen and oxygen atoms in total. The van der Waals surface area contributed by atoms with Crippen LogP contribution in [0.25, 0.3) is 0 Å². The van der Waals surface area contributed by atoms with Gasteiger partial charge in [0.2, 0.25) is 0 Å². The Labute approximate surface area is 111 Å². The number of hydrogen-bond donors (Lipinski definition) is 2. The van der Waals surface area contributed by atoms with E-state index < -0.39 is 5.97 Å². The summed E-state index contributed by atoms with van der Waals surface area (Å²) < 4.78 is 2.36. The Bertz CT molecular complexity index is 613. The second-order valence-corrected chi connectivity index (χ2v) is 4.80. The minimum absolute atomic E-state index is 0.261. The molecule has 0 unspecified atom stereocenters. The molecule has 0 aliphatic carbocycles. The molecule has 1 aromatic carbocycles. The summed E-state index contributed by atoms with van der Waals surface area (Å²) in [6.45, 7) is 0.395. The smallest absolute Gasteiger partial charge is 0.308 e. The van der Waals surface area contributed by atoms with Crippen LogP contribution in [0.2, 0.25) is 0 Å². The minimum Gasteiger partial charge on any atom is -0.481 e. The lowest BCUT2D eigenvalue weighted by Crippen LogP contribution is -2.21. The first-order valence-electron chi connectivity index (χ1n) is 5.29. The SMILES string of the molecule is O=C(O)Cc1c[nH]n(Cc2ccc(Br)cc2)c1=O. The molecule has 0 radical (unpaired) electrons. The van der Waals surface area contributed by atoms with E-state index in [0.29, 0.717) is 6.54 Å². The van der Waals surface area contributed by atoms with Crippen LogP contribution in [0.5, 0.6) is 0 Å². The highest BCUT2D eigenvalue weighted by Gasteiger charge is 2.09. The van der Waals surface area contributed by atoms with Crippen LogP contribution in [0.4, 0.5) is 0 Å². The monoisotopic (exact) mass is 310 g/mol. The van der Waals surface area contributed by atoms with E-state index in [9.17, 15) is 9.59 Å². The molecular weight excluding hydrogens is 300 g/mol. The maximum absolute atomic E-state index is 11.8. The number of carboxylic acid groups (broad SMARTS) is 1. The van der Waals surface area contributed by atoms with Crippen molar-refractivity contribution in [1.29, 1.82) is 0 Å². The highest BCUT2D eigenvalue weighted by molar-refractivity contribution is 9.10. The summed E-state index contributed by atoms with van der Waals surface area (Å²) in [6, 6.07) is 7.57. The van der Waals surface area contributed by atoms with E-state index in [2.05, 4.69) is 21.0 Å². The lowest BCUT2D eigenvalue weighted by molar-refractivity contribution is -0.136. The van der Waals surface area contributed by atoms with Crippen molar-refractivity contribution in [2.75, 3.05) is 0 Å². The van der Waals surface area contributed by atoms with Gasteiger partial charge in [-0.2, -0.15) is 0 Å². The van der Waals surface area contributed by atoms with Gasteiger partial charge in [0.15, 0.2) is 0 Å². The normalized spacial score (nSPS) is 10.5. The zero-order valence-corrected chi connectivity index (χ0v) is 11.0. The maximum atomic E-state index is 11.8. The molecule has 2 N–H and O–H groups in total. The zero-order valence-electron chi connectivity index (χ0n) is 9.39. The molecule has 0 saturated heterocycles. The van der Waals surface area contributed by atoms with Crippen LogP contribution in [0.15, 0.2) is 39.7 Å². The number of H-pyrrole nitrogens is 1. The van der Waals surface area contributed by atoms with Crippen LogP contribution in [-0.4, -0.2) is 20.9 Å². The summed E-state index contributed by atoms with van der Waals surface area (Å²) in [5.41, 5.74) is 0.934. The van der Waals surface area contributed by atoms with Crippen molar-refractivity contribution in [1.82, 2.24) is 9.78 Å². The van der Waals surface area contributed by atoms with Crippen molar-refractivity contribution >= 4 is 21.9 Å². The Morgan fingerprint density at radius 3 is 2.61 bits per heavy atom. The first-order chi connectivity index (χ1) is 8.56. The molecule has 6 heteroatoms. The number of aliphatic carboxylic acids is 1. The Kier molecular flexibility index (Phi) is 3.66. The Hall–Kier alpha value is -1.82. The Balaban J connectivity index is 2.20. The quantitative estimate of drug-likeness (QED) is 0.901. The first kappa shape index (κ1) is 12.6. The number of carboxylic acids is 1. The molecule has 18 heavy (non-hydrogen) atoms. The minimum atomic E-state index is -1.01. The summed E-state index contributed by atoms with van der Waals surface area (Å²) in [7, 11) is 0. The molecule has 1 aromatic heterocycles. The molecule has 0 aliphatic heterocycles. The largest absolute Gasteiger partial charge is 0.481 e. The third-order valence-corrected chi connectivity index (χ3v) is 3.04. The number of nitrogens with one attached hydrogen (secondary N) is 1. The standard InChI is InChI=1S/C12H11BrN2O3/c13-10-3-1-8(2-4-10)7-15-12(18)9(6-14-15)5-11(16)17/h1-4,6,14H,5,7H2,(H,16,17). The summed E-state index contributed by atoms with van der Waals surface area (Å²) in [5, 5.41) is 11.4. The number of carbonyl (C=O) groups is 1. The lowest BCUT2D eigenvalue weighted by Gasteiger charge is -2.01. The van der Waals surface area contributed by atoms with E-state index in [1.54, 1.807) is 0 Å². The van der Waals surface area contributed by atoms with E-state index in [0.717, 1.165) is 10.0 Å². The second-order valence-electron chi connectivity index (χ2n) is 3.89. The highest BCUT2D eigenvalue weighted by Crippen LogP contribution is 2.10. The van der Waals surface area contributed by atoms with Crippen LogP contribution in [0.3, 0.4) is 0 Å². The number of hydrogen-bond acceptors (Lipinski definition) is 2. The van der Waals surface area contributed by atoms with Gasteiger partial charge in [0.25, 0.3) is 5.56 Å². The second kappa shape index (κ2) is 5.22. The molecule has 0 aliphatic rings. The van der Waals surface area contributed by atoms with Gasteiger partial charge in [-0.3, -0.25) is 9.59 Å². The molecule has 0 spiro atoms. The van der Waals surface area contributed by atoms with Gasteiger partial charge in [-0.25, -0.2) is 4.68 Å². The van der Waals surface area contributed by atoms with E-state index in [1.165, 1.54) is 10.9 Å². The molecule has 2 rings (SSSR count). The van der Waals surface area contributed by atoms with Crippen molar-refractivity contribution < 1.29 is 9.90 Å². The van der Waals surface area contributed by atoms with E-state index >= 15 is 0 Å². The molecule has 94 valence electrons. The van der Waals surface area contributed by atoms with Gasteiger partial charge in [-0.05, 0) is 17.7 Å². The van der Waals surface area contributed by atoms with Crippen LogP contribution in [0.1, 0.15) is 11.1 Å². The van der Waals surface area contributed by atoms with Crippen molar-refractivity contribution in [3.63, 3.8) is 0 Å². The maximum Gasteiger partial charge on any atom is 0.308 e. The van der Waals surface area contributed by atoms with Gasteiger partial charge in [0, 0.05) is 16.2 Å². The van der Waals surface area contributed by atoms with Gasteiger partial charge in [0.1, 0.15) is 0 Å². The molecule has 0 fully saturated rings. The third-order valence-electron chi connectivity index (χ3n) is 2.51. The predicted molar refractivity (Wildman–Crippen MR) is 69.6 cm³/mol. The fraction of sp³-hybridized carbons (Fsp3) is 0.167. The van der Waals surface area contributed by atoms with E-state index in [1.807, 2.05) is 24.3 Å². The molecule has 0 amide bonds. The van der Waals surface area contributed by atoms with Crippen molar-refractivity contribution in [2.24, 2.45) is 0 Å². The first-order valence-corrected chi connectivity index (χ1v) is 6.09. The molecular formula is C12H11BrN2O3. The van der Waals surface area contributed by atoms with Gasteiger partial charge in [0.05, 0.1) is 13.0 Å². The molecule has 0 atom stereocenters. The van der Waals surface area contributed by atoms with Crippen molar-refractivity contribution in [3.05, 3.63) is 56.4 Å². The van der Waals surface area contributed by atoms with Crippen molar-refractivity contribution in [3.8, 4) is 0 Å². The zero-order chi connectivity index (χ0) is 13.1. The third kappa shape index (κ3) is 2.89. The van der Waals surface area contributed by atoms with Crippen LogP contribution in [0, 0.1) is 0 Å². The topological polar surface area (TPSA) is 75.1 Å². The number of benzene rings is 1. The molecule has 0 bridgehead atoms. The molecule has 0 saturated carbocycles. The highest BCUT2D eigenvalue weighted by atomic mass is 79.9. The van der Waals surface area contributed by atoms with Gasteiger partial charge >= 0.3 is 5.97 Å².